The number of carbonyl (C=O) groups excluding carboxylic acids is 1. The van der Waals surface area contributed by atoms with Crippen LogP contribution in [0.2, 0.25) is 0 Å². The molecular formula is C17H14O2S. The summed E-state index contributed by atoms with van der Waals surface area (Å²) in [7, 11) is 1.40. The highest BCUT2D eigenvalue weighted by atomic mass is 32.2. The van der Waals surface area contributed by atoms with Crippen molar-refractivity contribution < 1.29 is 9.53 Å². The van der Waals surface area contributed by atoms with E-state index in [1.807, 2.05) is 36.0 Å². The van der Waals surface area contributed by atoms with E-state index in [1.54, 1.807) is 0 Å². The van der Waals surface area contributed by atoms with Gasteiger partial charge in [-0.05, 0) is 34.9 Å². The van der Waals surface area contributed by atoms with Crippen molar-refractivity contribution in [1.29, 1.82) is 0 Å². The first-order valence-corrected chi connectivity index (χ1v) is 7.39. The smallest absolute Gasteiger partial charge is 0.337 e. The number of benzene rings is 2. The number of esters is 1. The molecule has 1 heterocycles. The lowest BCUT2D eigenvalue weighted by molar-refractivity contribution is 0.0601. The Hall–Kier alpha value is -2.00. The second-order valence-corrected chi connectivity index (χ2v) is 5.56. The highest BCUT2D eigenvalue weighted by molar-refractivity contribution is 7.99. The topological polar surface area (TPSA) is 26.3 Å². The largest absolute Gasteiger partial charge is 0.465 e. The van der Waals surface area contributed by atoms with Crippen LogP contribution in [0.1, 0.15) is 21.5 Å². The molecule has 0 aliphatic carbocycles. The SMILES string of the molecule is COC(=O)c1ccc(C2=CCSc3ccccc32)cc1. The van der Waals surface area contributed by atoms with Gasteiger partial charge < -0.3 is 4.74 Å². The first-order chi connectivity index (χ1) is 9.79. The fourth-order valence-electron chi connectivity index (χ4n) is 2.32. The minimum atomic E-state index is -0.301. The van der Waals surface area contributed by atoms with Gasteiger partial charge in [0.25, 0.3) is 0 Å². The van der Waals surface area contributed by atoms with Crippen molar-refractivity contribution >= 4 is 23.3 Å². The average molecular weight is 282 g/mol. The van der Waals surface area contributed by atoms with E-state index in [2.05, 4.69) is 30.3 Å². The molecule has 3 rings (SSSR count). The molecule has 0 atom stereocenters. The third-order valence-electron chi connectivity index (χ3n) is 3.32. The number of rotatable bonds is 2. The summed E-state index contributed by atoms with van der Waals surface area (Å²) in [4.78, 5) is 12.8. The van der Waals surface area contributed by atoms with Crippen molar-refractivity contribution in [3.05, 3.63) is 71.3 Å². The van der Waals surface area contributed by atoms with E-state index in [9.17, 15) is 4.79 Å². The fourth-order valence-corrected chi connectivity index (χ4v) is 3.25. The molecule has 2 aromatic carbocycles. The highest BCUT2D eigenvalue weighted by Gasteiger charge is 2.14. The number of hydrogen-bond donors (Lipinski definition) is 0. The molecule has 100 valence electrons. The summed E-state index contributed by atoms with van der Waals surface area (Å²) in [5, 5.41) is 0. The van der Waals surface area contributed by atoms with Gasteiger partial charge in [-0.2, -0.15) is 0 Å². The Balaban J connectivity index is 1.97. The van der Waals surface area contributed by atoms with Crippen LogP contribution < -0.4 is 0 Å². The molecule has 0 bridgehead atoms. The van der Waals surface area contributed by atoms with Crippen LogP contribution in [0.5, 0.6) is 0 Å². The second-order valence-electron chi connectivity index (χ2n) is 4.49. The summed E-state index contributed by atoms with van der Waals surface area (Å²) in [5.74, 6) is 0.676. The van der Waals surface area contributed by atoms with Gasteiger partial charge >= 0.3 is 5.97 Å². The molecule has 2 aromatic rings. The second kappa shape index (κ2) is 5.55. The van der Waals surface area contributed by atoms with Gasteiger partial charge in [-0.1, -0.05) is 36.4 Å². The summed E-state index contributed by atoms with van der Waals surface area (Å²) in [5.41, 5.74) is 4.20. The number of ether oxygens (including phenoxy) is 1. The maximum Gasteiger partial charge on any atom is 0.337 e. The minimum absolute atomic E-state index is 0.301. The highest BCUT2D eigenvalue weighted by Crippen LogP contribution is 2.36. The average Bonchev–Trinajstić information content (AvgIpc) is 2.54. The Morgan fingerprint density at radius 1 is 1.10 bits per heavy atom. The lowest BCUT2D eigenvalue weighted by atomic mass is 9.96. The van der Waals surface area contributed by atoms with Gasteiger partial charge in [0.05, 0.1) is 12.7 Å². The Kier molecular flexibility index (Phi) is 3.61. The first kappa shape index (κ1) is 13.0. The predicted octanol–water partition coefficient (Wildman–Crippen LogP) is 4.01. The molecule has 1 aliphatic rings. The fraction of sp³-hybridized carbons (Fsp3) is 0.118. The van der Waals surface area contributed by atoms with Crippen LogP contribution in [0.3, 0.4) is 0 Å². The summed E-state index contributed by atoms with van der Waals surface area (Å²) >= 11 is 1.85. The van der Waals surface area contributed by atoms with E-state index in [0.29, 0.717) is 5.56 Å². The number of fused-ring (bicyclic) bond motifs is 1. The molecule has 1 aliphatic heterocycles. The predicted molar refractivity (Wildman–Crippen MR) is 82.0 cm³/mol. The minimum Gasteiger partial charge on any atom is -0.465 e. The third-order valence-corrected chi connectivity index (χ3v) is 4.32. The molecule has 0 N–H and O–H groups in total. The van der Waals surface area contributed by atoms with Gasteiger partial charge in [0.15, 0.2) is 0 Å². The van der Waals surface area contributed by atoms with Gasteiger partial charge in [0.1, 0.15) is 0 Å². The van der Waals surface area contributed by atoms with Crippen LogP contribution in [-0.2, 0) is 4.74 Å². The van der Waals surface area contributed by atoms with Gasteiger partial charge in [-0.25, -0.2) is 4.79 Å². The van der Waals surface area contributed by atoms with Crippen LogP contribution in [0, 0.1) is 0 Å². The van der Waals surface area contributed by atoms with Gasteiger partial charge in [-0.15, -0.1) is 11.8 Å². The van der Waals surface area contributed by atoms with E-state index in [1.165, 1.54) is 23.1 Å². The van der Waals surface area contributed by atoms with Crippen molar-refractivity contribution in [3.63, 3.8) is 0 Å². The van der Waals surface area contributed by atoms with Crippen LogP contribution >= 0.6 is 11.8 Å². The molecule has 0 unspecified atom stereocenters. The maximum atomic E-state index is 11.5. The van der Waals surface area contributed by atoms with Crippen LogP contribution in [-0.4, -0.2) is 18.8 Å². The molecule has 0 spiro atoms. The Morgan fingerprint density at radius 3 is 2.60 bits per heavy atom. The molecule has 0 radical (unpaired) electrons. The molecule has 0 aromatic heterocycles. The monoisotopic (exact) mass is 282 g/mol. The van der Waals surface area contributed by atoms with E-state index >= 15 is 0 Å². The molecule has 0 saturated carbocycles. The summed E-state index contributed by atoms with van der Waals surface area (Å²) < 4.78 is 4.72. The van der Waals surface area contributed by atoms with E-state index in [-0.39, 0.29) is 5.97 Å². The number of methoxy groups -OCH3 is 1. The van der Waals surface area contributed by atoms with Crippen molar-refractivity contribution in [2.75, 3.05) is 12.9 Å². The standard InChI is InChI=1S/C17H14O2S/c1-19-17(18)13-8-6-12(7-9-13)14-10-11-20-16-5-3-2-4-15(14)16/h2-10H,11H2,1H3. The number of thioether (sulfide) groups is 1. The Bertz CT molecular complexity index is 672. The molecule has 2 nitrogen and oxygen atoms in total. The van der Waals surface area contributed by atoms with Crippen molar-refractivity contribution in [3.8, 4) is 0 Å². The zero-order chi connectivity index (χ0) is 13.9. The summed E-state index contributed by atoms with van der Waals surface area (Å²) in [6.45, 7) is 0. The third kappa shape index (κ3) is 2.37. The van der Waals surface area contributed by atoms with Gasteiger partial charge in [0.2, 0.25) is 0 Å². The summed E-state index contributed by atoms with van der Waals surface area (Å²) in [6, 6.07) is 16.0. The molecule has 20 heavy (non-hydrogen) atoms. The van der Waals surface area contributed by atoms with Crippen LogP contribution in [0.15, 0.2) is 59.5 Å². The molecule has 0 saturated heterocycles. The first-order valence-electron chi connectivity index (χ1n) is 6.40. The maximum absolute atomic E-state index is 11.5. The van der Waals surface area contributed by atoms with Crippen molar-refractivity contribution in [2.24, 2.45) is 0 Å². The van der Waals surface area contributed by atoms with Crippen LogP contribution in [0.25, 0.3) is 5.57 Å². The van der Waals surface area contributed by atoms with Gasteiger partial charge in [0, 0.05) is 10.6 Å². The normalized spacial score (nSPS) is 13.3. The zero-order valence-electron chi connectivity index (χ0n) is 11.1. The molecule has 0 fully saturated rings. The van der Waals surface area contributed by atoms with Crippen molar-refractivity contribution in [2.45, 2.75) is 4.90 Å². The number of carbonyl (C=O) groups is 1. The van der Waals surface area contributed by atoms with Crippen molar-refractivity contribution in [1.82, 2.24) is 0 Å². The van der Waals surface area contributed by atoms with Crippen LogP contribution in [0.4, 0.5) is 0 Å². The lowest BCUT2D eigenvalue weighted by Crippen LogP contribution is -2.01. The van der Waals surface area contributed by atoms with E-state index < -0.39 is 0 Å². The molecular weight excluding hydrogens is 268 g/mol. The summed E-state index contributed by atoms with van der Waals surface area (Å²) in [6.07, 6.45) is 2.24. The number of hydrogen-bond acceptors (Lipinski definition) is 3. The zero-order valence-corrected chi connectivity index (χ0v) is 11.9. The molecule has 3 heteroatoms. The quantitative estimate of drug-likeness (QED) is 0.778. The van der Waals surface area contributed by atoms with E-state index in [4.69, 9.17) is 4.74 Å². The Labute approximate surface area is 122 Å². The van der Waals surface area contributed by atoms with Gasteiger partial charge in [-0.3, -0.25) is 0 Å². The van der Waals surface area contributed by atoms with E-state index in [0.717, 1.165) is 11.3 Å². The molecule has 0 amide bonds. The Morgan fingerprint density at radius 2 is 1.85 bits per heavy atom. The lowest BCUT2D eigenvalue weighted by Gasteiger charge is -2.17.